The number of likely N-dealkylation sites (tertiary alicyclic amines) is 2. The van der Waals surface area contributed by atoms with Crippen LogP contribution in [0.2, 0.25) is 0 Å². The van der Waals surface area contributed by atoms with Gasteiger partial charge in [0, 0.05) is 50.4 Å². The number of carboxylic acids is 2. The van der Waals surface area contributed by atoms with Crippen LogP contribution < -0.4 is 52.6 Å². The molecule has 2 saturated heterocycles. The number of hydrogen-bond donors (Lipinski definition) is 11. The number of likely N-dealkylation sites (N-methyl/N-ethyl adjacent to an activating group) is 2. The number of carboxylic acid groups (broad SMARTS) is 2. The predicted molar refractivity (Wildman–Crippen MR) is 343 cm³/mol. The maximum Gasteiger partial charge on any atom is 0.326 e. The van der Waals surface area contributed by atoms with Crippen molar-refractivity contribution in [1.82, 2.24) is 57.7 Å². The first-order valence-corrected chi connectivity index (χ1v) is 31.3. The summed E-state index contributed by atoms with van der Waals surface area (Å²) >= 11 is 0. The summed E-state index contributed by atoms with van der Waals surface area (Å²) in [5.74, 6) is -8.33. The van der Waals surface area contributed by atoms with E-state index in [2.05, 4.69) is 47.9 Å². The van der Waals surface area contributed by atoms with Crippen LogP contribution in [0.15, 0.2) is 103 Å². The summed E-state index contributed by atoms with van der Waals surface area (Å²) < 4.78 is 12.0. The fourth-order valence-corrected chi connectivity index (χ4v) is 11.2. The van der Waals surface area contributed by atoms with E-state index in [0.29, 0.717) is 22.4 Å². The van der Waals surface area contributed by atoms with Gasteiger partial charge in [0.25, 0.3) is 5.91 Å². The number of nitrogens with zero attached hydrogens (tertiary/aromatic N) is 2. The standard InChI is InChI=1S/C67H87N11O15/c1-10-49(72-56(79)37(2)68-8)63(86)78-36-48-34-54(78)61(84)70-39(4)58(81)74-51(65(88)89)30-40-17-23-44(24-18-40)59(82)71-46-33-53(77(35-46)64(87)55(67(5,6)7)76-57(80)38(3)69-9)62(85)73-50(32-42-19-22-43-15-11-12-16-45(43)29-42)60(83)75-52(66(90)91)31-41-20-25-47(26-21-41)92-27-13-14-28-93-48/h11-26,29,37-39,46,48-55,68-69H,10,27-28,30-36H2,1-9H3,(H,70,84)(H,71,82)(H,72,79)(H,73,85)(H,74,81)(H,75,83)(H,76,80)(H,88,89)(H,90,91)/b14-13+/t37-,38-,39-,46-,48-,49-,50-,51-,52-,53-,54-,55+/m0/s1. The maximum absolute atomic E-state index is 15.0. The van der Waals surface area contributed by atoms with Gasteiger partial charge in [-0.3, -0.25) is 43.2 Å². The van der Waals surface area contributed by atoms with Gasteiger partial charge in [-0.1, -0.05) is 101 Å². The van der Waals surface area contributed by atoms with Crippen LogP contribution in [0.1, 0.15) is 94.8 Å². The van der Waals surface area contributed by atoms with Crippen molar-refractivity contribution >= 4 is 75.9 Å². The van der Waals surface area contributed by atoms with Crippen LogP contribution in [0.3, 0.4) is 0 Å². The molecule has 0 unspecified atom stereocenters. The van der Waals surface area contributed by atoms with E-state index in [9.17, 15) is 53.4 Å². The molecule has 0 spiro atoms. The van der Waals surface area contributed by atoms with E-state index in [0.717, 1.165) is 10.8 Å². The predicted octanol–water partition coefficient (Wildman–Crippen LogP) is 1.27. The first kappa shape index (κ1) is 71.2. The third kappa shape index (κ3) is 19.2. The van der Waals surface area contributed by atoms with Gasteiger partial charge in [0.05, 0.1) is 24.8 Å². The van der Waals surface area contributed by atoms with Crippen LogP contribution in [0.25, 0.3) is 10.8 Å². The van der Waals surface area contributed by atoms with Crippen molar-refractivity contribution in [2.24, 2.45) is 5.41 Å². The Balaban J connectivity index is 1.20. The van der Waals surface area contributed by atoms with Crippen molar-refractivity contribution in [3.05, 3.63) is 125 Å². The lowest BCUT2D eigenvalue weighted by Gasteiger charge is -2.36. The van der Waals surface area contributed by atoms with Crippen LogP contribution in [-0.4, -0.2) is 198 Å². The quantitative estimate of drug-likeness (QED) is 0.0840. The number of rotatable bonds is 13. The van der Waals surface area contributed by atoms with Crippen molar-refractivity contribution in [3.63, 3.8) is 0 Å². The van der Waals surface area contributed by atoms with Crippen molar-refractivity contribution in [3.8, 4) is 5.75 Å². The minimum Gasteiger partial charge on any atom is -0.490 e. The van der Waals surface area contributed by atoms with Gasteiger partial charge in [-0.25, -0.2) is 9.59 Å². The second-order valence-corrected chi connectivity index (χ2v) is 24.9. The van der Waals surface area contributed by atoms with E-state index in [-0.39, 0.29) is 70.4 Å². The van der Waals surface area contributed by atoms with Crippen LogP contribution >= 0.6 is 0 Å². The molecule has 0 aliphatic carbocycles. The first-order chi connectivity index (χ1) is 44.2. The van der Waals surface area contributed by atoms with Crippen molar-refractivity contribution < 1.29 is 72.4 Å². The smallest absolute Gasteiger partial charge is 0.326 e. The molecule has 6 aliphatic rings. The van der Waals surface area contributed by atoms with Crippen molar-refractivity contribution in [2.75, 3.05) is 40.4 Å². The number of carbonyl (C=O) groups excluding carboxylic acids is 9. The molecule has 2 fully saturated rings. The second-order valence-electron chi connectivity index (χ2n) is 24.9. The minimum atomic E-state index is -1.52. The Hall–Kier alpha value is -9.27. The van der Waals surface area contributed by atoms with E-state index < -0.39 is 143 Å². The molecule has 10 rings (SSSR count). The highest BCUT2D eigenvalue weighted by molar-refractivity contribution is 5.99. The number of aliphatic carboxylic acids is 2. The zero-order valence-corrected chi connectivity index (χ0v) is 53.9. The van der Waals surface area contributed by atoms with Gasteiger partial charge in [0.1, 0.15) is 60.7 Å². The van der Waals surface area contributed by atoms with Crippen molar-refractivity contribution in [1.29, 1.82) is 0 Å². The van der Waals surface area contributed by atoms with Gasteiger partial charge in [-0.2, -0.15) is 0 Å². The summed E-state index contributed by atoms with van der Waals surface area (Å²) in [6, 6.07) is 12.7. The van der Waals surface area contributed by atoms with E-state index in [4.69, 9.17) is 9.47 Å². The molecule has 0 radical (unpaired) electrons. The van der Waals surface area contributed by atoms with Gasteiger partial charge in [-0.05, 0) is 111 Å². The highest BCUT2D eigenvalue weighted by Gasteiger charge is 2.47. The molecule has 26 nitrogen and oxygen atoms in total. The third-order valence-electron chi connectivity index (χ3n) is 17.0. The summed E-state index contributed by atoms with van der Waals surface area (Å²) in [7, 11) is 3.18. The Labute approximate surface area is 540 Å². The lowest BCUT2D eigenvalue weighted by atomic mass is 9.85. The maximum atomic E-state index is 15.0. The van der Waals surface area contributed by atoms with E-state index in [1.54, 1.807) is 98.1 Å². The zero-order chi connectivity index (χ0) is 67.8. The summed E-state index contributed by atoms with van der Waals surface area (Å²) in [5.41, 5.74) is 0.713. The van der Waals surface area contributed by atoms with E-state index in [1.165, 1.54) is 41.0 Å². The van der Waals surface area contributed by atoms with Gasteiger partial charge < -0.3 is 77.3 Å². The van der Waals surface area contributed by atoms with Crippen LogP contribution in [-0.2, 0) is 71.9 Å². The molecule has 4 aromatic carbocycles. The summed E-state index contributed by atoms with van der Waals surface area (Å²) in [6.07, 6.45) is 2.17. The first-order valence-electron chi connectivity index (χ1n) is 31.3. The van der Waals surface area contributed by atoms with Gasteiger partial charge >= 0.3 is 11.9 Å². The zero-order valence-electron chi connectivity index (χ0n) is 53.9. The molecule has 26 heteroatoms. The van der Waals surface area contributed by atoms with Crippen molar-refractivity contribution in [2.45, 2.75) is 160 Å². The van der Waals surface area contributed by atoms with Crippen LogP contribution in [0, 0.1) is 5.41 Å². The molecular formula is C67H87N11O15. The Morgan fingerprint density at radius 3 is 1.80 bits per heavy atom. The van der Waals surface area contributed by atoms with Crippen LogP contribution in [0.5, 0.6) is 5.75 Å². The second kappa shape index (κ2) is 32.3. The Morgan fingerprint density at radius 1 is 0.634 bits per heavy atom. The average molecular weight is 1290 g/mol. The highest BCUT2D eigenvalue weighted by Crippen LogP contribution is 2.28. The number of benzene rings is 4. The fraction of sp³-hybridized carbons (Fsp3) is 0.478. The molecule has 500 valence electrons. The normalized spacial score (nSPS) is 23.9. The molecule has 93 heavy (non-hydrogen) atoms. The summed E-state index contributed by atoms with van der Waals surface area (Å²) in [4.78, 5) is 155. The van der Waals surface area contributed by atoms with Crippen LogP contribution in [0.4, 0.5) is 0 Å². The lowest BCUT2D eigenvalue weighted by molar-refractivity contribution is -0.145. The average Bonchev–Trinajstić information content (AvgIpc) is 2.16. The number of amides is 9. The molecule has 9 amide bonds. The number of fused-ring (bicyclic) bond motifs is 1. The van der Waals surface area contributed by atoms with E-state index in [1.807, 2.05) is 36.4 Å². The SMILES string of the molecule is CC[C@H](NC(=O)[C@H](C)NC)C(=O)N1C[C@@H]2C[C@H]1C(=O)N[C@@H](C)C(=O)N[C@H](C(=O)O)Cc1ccc(cc1)C(=O)N[C@H]1C[C@@H](C(=O)N[C@@H](Cc3ccc4ccccc4c3)C(=O)N[C@H](C(=O)O)Cc3ccc(cc3)OC/C=C/CO2)N(C(=O)[C@@H](NC(=O)[C@H](C)NC)C(C)(C)C)C1. The summed E-state index contributed by atoms with van der Waals surface area (Å²) in [5, 5.41) is 47.4. The number of nitrogens with one attached hydrogen (secondary N) is 9. The Kier molecular flexibility index (Phi) is 24.7. The summed E-state index contributed by atoms with van der Waals surface area (Å²) in [6.45, 7) is 11.4. The molecule has 11 N–H and O–H groups in total. The van der Waals surface area contributed by atoms with Gasteiger partial charge in [-0.15, -0.1) is 0 Å². The molecule has 8 bridgehead atoms. The molecule has 6 heterocycles. The third-order valence-corrected chi connectivity index (χ3v) is 17.0. The van der Waals surface area contributed by atoms with Gasteiger partial charge in [0.15, 0.2) is 0 Å². The Morgan fingerprint density at radius 2 is 1.19 bits per heavy atom. The highest BCUT2D eigenvalue weighted by atomic mass is 16.5. The molecule has 0 saturated carbocycles. The number of ether oxygens (including phenoxy) is 2. The molecular weight excluding hydrogens is 1200 g/mol. The molecule has 4 aromatic rings. The number of hydrogen-bond acceptors (Lipinski definition) is 15. The minimum absolute atomic E-state index is 0.00941. The van der Waals surface area contributed by atoms with E-state index >= 15 is 9.59 Å². The molecule has 12 atom stereocenters. The monoisotopic (exact) mass is 1290 g/mol. The fourth-order valence-electron chi connectivity index (χ4n) is 11.2. The molecule has 6 aliphatic heterocycles. The van der Waals surface area contributed by atoms with Gasteiger partial charge in [0.2, 0.25) is 47.3 Å². The topological polar surface area (TPSA) is 361 Å². The number of carbonyl (C=O) groups is 11. The molecule has 0 aromatic heterocycles. The Bertz CT molecular complexity index is 3410. The largest absolute Gasteiger partial charge is 0.490 e. The lowest BCUT2D eigenvalue weighted by Crippen LogP contribution is -2.61.